The fourth-order valence-electron chi connectivity index (χ4n) is 3.96. The Labute approximate surface area is 188 Å². The summed E-state index contributed by atoms with van der Waals surface area (Å²) in [5.74, 6) is -0.553. The van der Waals surface area contributed by atoms with E-state index in [0.29, 0.717) is 12.2 Å². The molecule has 1 fully saturated rings. The number of ether oxygens (including phenoxy) is 1. The Morgan fingerprint density at radius 1 is 1.23 bits per heavy atom. The lowest BCUT2D eigenvalue weighted by atomic mass is 9.84. The highest BCUT2D eigenvalue weighted by Gasteiger charge is 2.39. The molecule has 1 N–H and O–H groups in total. The number of hydrogen-bond acceptors (Lipinski definition) is 5. The Bertz CT molecular complexity index is 666. The number of likely N-dealkylation sites (N-methyl/N-ethyl adjacent to an activating group) is 2. The molecule has 3 atom stereocenters. The fraction of sp³-hybridized carbons (Fsp3) is 0.792. The smallest absolute Gasteiger partial charge is 0.333 e. The van der Waals surface area contributed by atoms with Gasteiger partial charge in [0, 0.05) is 12.6 Å². The average Bonchev–Trinajstić information content (AvgIpc) is 2.68. The molecule has 1 aliphatic rings. The summed E-state index contributed by atoms with van der Waals surface area (Å²) in [6, 6.07) is -1.17. The van der Waals surface area contributed by atoms with Crippen molar-refractivity contribution in [2.75, 3.05) is 27.2 Å². The van der Waals surface area contributed by atoms with E-state index in [2.05, 4.69) is 10.2 Å². The number of rotatable bonds is 8. The first kappa shape index (κ1) is 27.1. The lowest BCUT2D eigenvalue weighted by molar-refractivity contribution is -0.141. The number of carbonyl (C=O) groups is 3. The summed E-state index contributed by atoms with van der Waals surface area (Å²) in [7, 11) is 3.70. The normalized spacial score (nSPS) is 20.2. The molecule has 7 heteroatoms. The highest BCUT2D eigenvalue weighted by atomic mass is 16.5. The van der Waals surface area contributed by atoms with Gasteiger partial charge in [0.1, 0.15) is 6.04 Å². The monoisotopic (exact) mass is 437 g/mol. The van der Waals surface area contributed by atoms with Gasteiger partial charge in [-0.1, -0.05) is 47.1 Å². The van der Waals surface area contributed by atoms with Crippen LogP contribution in [0.25, 0.3) is 0 Å². The standard InChI is InChI=1S/C24H43N3O4/c1-10-31-23(30)17(4)15-19(16(2)3)27(9)22(29)20(24(5,6)7)25-21(28)18-13-11-12-14-26(18)8/h15-16,18-20H,10-14H2,1-9H3,(H,25,28)/t18?,19-,20?/m1/s1. The molecule has 0 aromatic rings. The zero-order valence-corrected chi connectivity index (χ0v) is 20.9. The van der Waals surface area contributed by atoms with Crippen LogP contribution in [0.1, 0.15) is 67.7 Å². The molecule has 1 heterocycles. The van der Waals surface area contributed by atoms with Gasteiger partial charge in [0.15, 0.2) is 0 Å². The quantitative estimate of drug-likeness (QED) is 0.466. The summed E-state index contributed by atoms with van der Waals surface area (Å²) >= 11 is 0. The van der Waals surface area contributed by atoms with E-state index in [4.69, 9.17) is 4.74 Å². The van der Waals surface area contributed by atoms with E-state index in [1.807, 2.05) is 41.7 Å². The Balaban J connectivity index is 3.10. The summed E-state index contributed by atoms with van der Waals surface area (Å²) in [5, 5.41) is 3.04. The van der Waals surface area contributed by atoms with Gasteiger partial charge >= 0.3 is 5.97 Å². The molecular formula is C24H43N3O4. The van der Waals surface area contributed by atoms with Gasteiger partial charge in [-0.3, -0.25) is 14.5 Å². The third kappa shape index (κ3) is 7.63. The van der Waals surface area contributed by atoms with E-state index in [-0.39, 0.29) is 35.8 Å². The summed E-state index contributed by atoms with van der Waals surface area (Å²) in [4.78, 5) is 42.4. The topological polar surface area (TPSA) is 79.0 Å². The number of nitrogens with zero attached hydrogens (tertiary/aromatic N) is 2. The van der Waals surface area contributed by atoms with E-state index in [9.17, 15) is 14.4 Å². The summed E-state index contributed by atoms with van der Waals surface area (Å²) < 4.78 is 5.08. The first-order chi connectivity index (χ1) is 14.3. The highest BCUT2D eigenvalue weighted by molar-refractivity contribution is 5.91. The number of likely N-dealkylation sites (tertiary alicyclic amines) is 1. The van der Waals surface area contributed by atoms with E-state index < -0.39 is 11.5 Å². The molecule has 0 aromatic heterocycles. The molecular weight excluding hydrogens is 394 g/mol. The van der Waals surface area contributed by atoms with Gasteiger partial charge < -0.3 is 15.0 Å². The summed E-state index contributed by atoms with van der Waals surface area (Å²) in [5.41, 5.74) is 0.00994. The third-order valence-electron chi connectivity index (χ3n) is 5.97. The van der Waals surface area contributed by atoms with Crippen LogP contribution in [-0.2, 0) is 19.1 Å². The molecule has 0 spiro atoms. The molecule has 0 saturated carbocycles. The van der Waals surface area contributed by atoms with Crippen LogP contribution < -0.4 is 5.32 Å². The van der Waals surface area contributed by atoms with E-state index in [0.717, 1.165) is 25.8 Å². The molecule has 0 bridgehead atoms. The number of hydrogen-bond donors (Lipinski definition) is 1. The Morgan fingerprint density at radius 2 is 1.84 bits per heavy atom. The largest absolute Gasteiger partial charge is 0.463 e. The van der Waals surface area contributed by atoms with Gasteiger partial charge in [0.2, 0.25) is 11.8 Å². The first-order valence-corrected chi connectivity index (χ1v) is 11.4. The number of amides is 2. The zero-order chi connectivity index (χ0) is 23.9. The minimum Gasteiger partial charge on any atom is -0.463 e. The van der Waals surface area contributed by atoms with Crippen LogP contribution in [0.3, 0.4) is 0 Å². The van der Waals surface area contributed by atoms with Gasteiger partial charge in [-0.15, -0.1) is 0 Å². The molecule has 1 aliphatic heterocycles. The molecule has 1 rings (SSSR count). The third-order valence-corrected chi connectivity index (χ3v) is 5.97. The van der Waals surface area contributed by atoms with Crippen molar-refractivity contribution in [1.82, 2.24) is 15.1 Å². The number of piperidine rings is 1. The van der Waals surface area contributed by atoms with Crippen molar-refractivity contribution in [3.05, 3.63) is 11.6 Å². The van der Waals surface area contributed by atoms with Crippen molar-refractivity contribution < 1.29 is 19.1 Å². The maximum absolute atomic E-state index is 13.6. The van der Waals surface area contributed by atoms with Gasteiger partial charge in [-0.05, 0) is 51.6 Å². The molecule has 7 nitrogen and oxygen atoms in total. The molecule has 178 valence electrons. The van der Waals surface area contributed by atoms with Crippen molar-refractivity contribution in [2.45, 2.75) is 85.9 Å². The van der Waals surface area contributed by atoms with Crippen LogP contribution in [0.4, 0.5) is 0 Å². The van der Waals surface area contributed by atoms with Gasteiger partial charge in [0.25, 0.3) is 0 Å². The fourth-order valence-corrected chi connectivity index (χ4v) is 3.96. The number of carbonyl (C=O) groups excluding carboxylic acids is 3. The molecule has 2 unspecified atom stereocenters. The van der Waals surface area contributed by atoms with Crippen LogP contribution in [0.5, 0.6) is 0 Å². The summed E-state index contributed by atoms with van der Waals surface area (Å²) in [6.07, 6.45) is 4.70. The Hall–Kier alpha value is -1.89. The average molecular weight is 438 g/mol. The number of nitrogens with one attached hydrogen (secondary N) is 1. The van der Waals surface area contributed by atoms with Gasteiger partial charge in [0.05, 0.1) is 18.7 Å². The molecule has 1 saturated heterocycles. The minimum atomic E-state index is -0.669. The predicted octanol–water partition coefficient (Wildman–Crippen LogP) is 2.99. The van der Waals surface area contributed by atoms with Crippen molar-refractivity contribution in [2.24, 2.45) is 11.3 Å². The zero-order valence-electron chi connectivity index (χ0n) is 20.9. The highest BCUT2D eigenvalue weighted by Crippen LogP contribution is 2.25. The van der Waals surface area contributed by atoms with Crippen molar-refractivity contribution >= 4 is 17.8 Å². The van der Waals surface area contributed by atoms with Crippen LogP contribution in [0.2, 0.25) is 0 Å². The van der Waals surface area contributed by atoms with Crippen LogP contribution in [-0.4, -0.2) is 73.0 Å². The predicted molar refractivity (Wildman–Crippen MR) is 123 cm³/mol. The molecule has 31 heavy (non-hydrogen) atoms. The second-order valence-corrected chi connectivity index (χ2v) is 10.1. The first-order valence-electron chi connectivity index (χ1n) is 11.4. The van der Waals surface area contributed by atoms with Crippen LogP contribution >= 0.6 is 0 Å². The molecule has 2 amide bonds. The second-order valence-electron chi connectivity index (χ2n) is 10.1. The molecule has 0 aromatic carbocycles. The number of esters is 1. The molecule has 0 aliphatic carbocycles. The van der Waals surface area contributed by atoms with Gasteiger partial charge in [-0.2, -0.15) is 0 Å². The maximum atomic E-state index is 13.6. The minimum absolute atomic E-state index is 0.0825. The van der Waals surface area contributed by atoms with Crippen molar-refractivity contribution in [3.8, 4) is 0 Å². The SMILES string of the molecule is CCOC(=O)C(C)=C[C@H](C(C)C)N(C)C(=O)C(NC(=O)C1CCCCN1C)C(C)(C)C. The van der Waals surface area contributed by atoms with Crippen molar-refractivity contribution in [3.63, 3.8) is 0 Å². The van der Waals surface area contributed by atoms with Crippen LogP contribution in [0.15, 0.2) is 11.6 Å². The lowest BCUT2D eigenvalue weighted by Gasteiger charge is -2.39. The van der Waals surface area contributed by atoms with E-state index in [1.54, 1.807) is 31.9 Å². The second kappa shape index (κ2) is 11.7. The van der Waals surface area contributed by atoms with Crippen molar-refractivity contribution in [1.29, 1.82) is 0 Å². The Morgan fingerprint density at radius 3 is 2.32 bits per heavy atom. The summed E-state index contributed by atoms with van der Waals surface area (Å²) in [6.45, 7) is 14.5. The lowest BCUT2D eigenvalue weighted by Crippen LogP contribution is -2.59. The van der Waals surface area contributed by atoms with Gasteiger partial charge in [-0.25, -0.2) is 4.79 Å². The van der Waals surface area contributed by atoms with Crippen LogP contribution in [0, 0.1) is 11.3 Å². The molecule has 0 radical (unpaired) electrons. The van der Waals surface area contributed by atoms with E-state index in [1.165, 1.54) is 0 Å². The maximum Gasteiger partial charge on any atom is 0.333 e. The van der Waals surface area contributed by atoms with E-state index >= 15 is 0 Å². The Kier molecular flexibility index (Phi) is 10.2.